The van der Waals surface area contributed by atoms with Crippen LogP contribution in [-0.4, -0.2) is 42.8 Å². The Kier molecular flexibility index (Phi) is 10.7. The molecular formula is C17H26ClN5O4. The number of amides is 4. The number of benzene rings is 1. The molecule has 0 aliphatic carbocycles. The highest BCUT2D eigenvalue weighted by molar-refractivity contribution is 5.98. The molecule has 0 saturated heterocycles. The fraction of sp³-hybridized carbons (Fsp3) is 0.412. The van der Waals surface area contributed by atoms with E-state index in [9.17, 15) is 19.2 Å². The zero-order valence-corrected chi connectivity index (χ0v) is 16.1. The lowest BCUT2D eigenvalue weighted by atomic mass is 10.1. The molecule has 10 heteroatoms. The van der Waals surface area contributed by atoms with Gasteiger partial charge in [-0.2, -0.15) is 0 Å². The zero-order chi connectivity index (χ0) is 19.7. The fourth-order valence-corrected chi connectivity index (χ4v) is 1.93. The van der Waals surface area contributed by atoms with Crippen molar-refractivity contribution in [1.29, 1.82) is 0 Å². The zero-order valence-electron chi connectivity index (χ0n) is 15.3. The predicted octanol–water partition coefficient (Wildman–Crippen LogP) is -0.248. The van der Waals surface area contributed by atoms with E-state index in [4.69, 9.17) is 11.5 Å². The number of halogens is 1. The van der Waals surface area contributed by atoms with Gasteiger partial charge in [0.15, 0.2) is 0 Å². The summed E-state index contributed by atoms with van der Waals surface area (Å²) in [7, 11) is 0. The third-order valence-corrected chi connectivity index (χ3v) is 3.51. The Morgan fingerprint density at radius 1 is 1.11 bits per heavy atom. The summed E-state index contributed by atoms with van der Waals surface area (Å²) in [5.74, 6) is -1.79. The highest BCUT2D eigenvalue weighted by Crippen LogP contribution is 2.10. The number of carbonyl (C=O) groups excluding carboxylic acids is 4. The molecule has 27 heavy (non-hydrogen) atoms. The van der Waals surface area contributed by atoms with Crippen LogP contribution in [0.1, 0.15) is 30.6 Å². The summed E-state index contributed by atoms with van der Waals surface area (Å²) < 4.78 is 0. The normalized spacial score (nSPS) is 11.1. The summed E-state index contributed by atoms with van der Waals surface area (Å²) in [4.78, 5) is 46.3. The Hall–Kier alpha value is -2.65. The van der Waals surface area contributed by atoms with Crippen LogP contribution in [-0.2, 0) is 14.4 Å². The first-order valence-electron chi connectivity index (χ1n) is 8.20. The maximum absolute atomic E-state index is 12.0. The summed E-state index contributed by atoms with van der Waals surface area (Å²) >= 11 is 0. The lowest BCUT2D eigenvalue weighted by molar-refractivity contribution is -0.125. The van der Waals surface area contributed by atoms with E-state index in [2.05, 4.69) is 16.0 Å². The topological polar surface area (TPSA) is 156 Å². The van der Waals surface area contributed by atoms with Crippen molar-refractivity contribution in [1.82, 2.24) is 10.6 Å². The maximum atomic E-state index is 12.0. The van der Waals surface area contributed by atoms with Crippen molar-refractivity contribution in [3.05, 3.63) is 29.8 Å². The van der Waals surface area contributed by atoms with Crippen molar-refractivity contribution in [2.45, 2.75) is 26.3 Å². The maximum Gasteiger partial charge on any atom is 0.251 e. The Bertz CT molecular complexity index is 681. The van der Waals surface area contributed by atoms with Crippen molar-refractivity contribution < 1.29 is 19.2 Å². The van der Waals surface area contributed by atoms with E-state index >= 15 is 0 Å². The molecule has 0 spiro atoms. The molecule has 7 N–H and O–H groups in total. The number of nitrogens with two attached hydrogens (primary N) is 2. The Labute approximate surface area is 164 Å². The van der Waals surface area contributed by atoms with E-state index in [1.165, 1.54) is 6.07 Å². The Morgan fingerprint density at radius 3 is 2.37 bits per heavy atom. The van der Waals surface area contributed by atoms with Gasteiger partial charge in [0.1, 0.15) is 0 Å². The first-order chi connectivity index (χ1) is 12.2. The summed E-state index contributed by atoms with van der Waals surface area (Å²) in [5.41, 5.74) is 11.4. The Morgan fingerprint density at radius 2 is 1.78 bits per heavy atom. The molecule has 0 aliphatic heterocycles. The van der Waals surface area contributed by atoms with Gasteiger partial charge >= 0.3 is 0 Å². The smallest absolute Gasteiger partial charge is 0.251 e. The molecule has 0 unspecified atom stereocenters. The minimum atomic E-state index is -0.685. The van der Waals surface area contributed by atoms with Gasteiger partial charge in [-0.15, -0.1) is 12.4 Å². The monoisotopic (exact) mass is 399 g/mol. The second-order valence-electron chi connectivity index (χ2n) is 6.09. The number of hydrogen-bond donors (Lipinski definition) is 5. The van der Waals surface area contributed by atoms with Gasteiger partial charge in [-0.05, 0) is 24.1 Å². The summed E-state index contributed by atoms with van der Waals surface area (Å²) in [6.07, 6.45) is 0.0420. The number of primary amides is 1. The van der Waals surface area contributed by atoms with Crippen molar-refractivity contribution in [3.63, 3.8) is 0 Å². The van der Waals surface area contributed by atoms with Crippen LogP contribution in [0.2, 0.25) is 0 Å². The summed E-state index contributed by atoms with van der Waals surface area (Å²) in [6.45, 7) is 3.52. The average molecular weight is 400 g/mol. The van der Waals surface area contributed by atoms with Crippen LogP contribution in [0.5, 0.6) is 0 Å². The molecule has 1 aromatic rings. The van der Waals surface area contributed by atoms with Crippen molar-refractivity contribution in [3.8, 4) is 0 Å². The molecule has 0 bridgehead atoms. The number of rotatable bonds is 9. The van der Waals surface area contributed by atoms with Gasteiger partial charge in [-0.25, -0.2) is 0 Å². The number of anilines is 1. The van der Waals surface area contributed by atoms with Crippen LogP contribution in [0, 0.1) is 5.92 Å². The van der Waals surface area contributed by atoms with Gasteiger partial charge in [-0.3, -0.25) is 19.2 Å². The Balaban J connectivity index is 0.00000676. The van der Waals surface area contributed by atoms with Crippen molar-refractivity contribution in [2.24, 2.45) is 17.4 Å². The van der Waals surface area contributed by atoms with Crippen LogP contribution in [0.3, 0.4) is 0 Å². The minimum absolute atomic E-state index is 0. The van der Waals surface area contributed by atoms with Crippen LogP contribution in [0.25, 0.3) is 0 Å². The van der Waals surface area contributed by atoms with Crippen LogP contribution >= 0.6 is 12.4 Å². The largest absolute Gasteiger partial charge is 0.370 e. The highest BCUT2D eigenvalue weighted by atomic mass is 35.5. The van der Waals surface area contributed by atoms with Gasteiger partial charge in [0.25, 0.3) is 5.91 Å². The molecule has 1 rings (SSSR count). The second kappa shape index (κ2) is 11.9. The van der Waals surface area contributed by atoms with E-state index in [1.54, 1.807) is 18.2 Å². The van der Waals surface area contributed by atoms with Crippen molar-refractivity contribution in [2.75, 3.05) is 18.4 Å². The van der Waals surface area contributed by atoms with E-state index in [0.29, 0.717) is 11.3 Å². The SMILES string of the molecule is CC(C)[C@H](N)C(=O)NCC(=O)Nc1cccc(C(=O)NCCC(N)=O)c1.Cl. The fourth-order valence-electron chi connectivity index (χ4n) is 1.93. The van der Waals surface area contributed by atoms with Gasteiger partial charge < -0.3 is 27.4 Å². The number of carbonyl (C=O) groups is 4. The second-order valence-corrected chi connectivity index (χ2v) is 6.09. The van der Waals surface area contributed by atoms with E-state index in [1.807, 2.05) is 13.8 Å². The molecule has 0 radical (unpaired) electrons. The first kappa shape index (κ1) is 24.4. The molecule has 4 amide bonds. The average Bonchev–Trinajstić information content (AvgIpc) is 2.58. The molecule has 0 aromatic heterocycles. The molecule has 9 nitrogen and oxygen atoms in total. The predicted molar refractivity (Wildman–Crippen MR) is 104 cm³/mol. The van der Waals surface area contributed by atoms with Crippen LogP contribution < -0.4 is 27.4 Å². The molecule has 0 fully saturated rings. The summed E-state index contributed by atoms with van der Waals surface area (Å²) in [6, 6.07) is 5.58. The molecule has 0 saturated carbocycles. The first-order valence-corrected chi connectivity index (χ1v) is 8.20. The summed E-state index contributed by atoms with van der Waals surface area (Å²) in [5, 5.41) is 7.60. The van der Waals surface area contributed by atoms with Gasteiger partial charge in [0, 0.05) is 24.2 Å². The van der Waals surface area contributed by atoms with Gasteiger partial charge in [-0.1, -0.05) is 19.9 Å². The van der Waals surface area contributed by atoms with Crippen molar-refractivity contribution >= 4 is 41.7 Å². The quantitative estimate of drug-likeness (QED) is 0.387. The van der Waals surface area contributed by atoms with E-state index in [-0.39, 0.29) is 37.8 Å². The van der Waals surface area contributed by atoms with Gasteiger partial charge in [0.2, 0.25) is 17.7 Å². The molecule has 0 aliphatic rings. The molecule has 150 valence electrons. The number of hydrogen-bond acceptors (Lipinski definition) is 5. The van der Waals surface area contributed by atoms with Crippen LogP contribution in [0.4, 0.5) is 5.69 Å². The standard InChI is InChI=1S/C17H25N5O4.ClH/c1-10(2)15(19)17(26)21-9-14(24)22-12-5-3-4-11(8-12)16(25)20-7-6-13(18)23;/h3-5,8,10,15H,6-7,9,19H2,1-2H3,(H2,18,23)(H,20,25)(H,21,26)(H,22,24);1H/t15-;/m0./s1. The van der Waals surface area contributed by atoms with E-state index in [0.717, 1.165) is 0 Å². The number of nitrogens with one attached hydrogen (secondary N) is 3. The van der Waals surface area contributed by atoms with Gasteiger partial charge in [0.05, 0.1) is 12.6 Å². The lowest BCUT2D eigenvalue weighted by Gasteiger charge is -2.15. The molecule has 0 heterocycles. The molecule has 1 atom stereocenters. The molecule has 1 aromatic carbocycles. The van der Waals surface area contributed by atoms with Crippen LogP contribution in [0.15, 0.2) is 24.3 Å². The highest BCUT2D eigenvalue weighted by Gasteiger charge is 2.17. The third-order valence-electron chi connectivity index (χ3n) is 3.51. The minimum Gasteiger partial charge on any atom is -0.370 e. The van der Waals surface area contributed by atoms with E-state index < -0.39 is 29.7 Å². The third kappa shape index (κ3) is 9.02. The molecular weight excluding hydrogens is 374 g/mol. The lowest BCUT2D eigenvalue weighted by Crippen LogP contribution is -2.46.